The lowest BCUT2D eigenvalue weighted by Crippen LogP contribution is -2.30. The molecule has 2 rings (SSSR count). The highest BCUT2D eigenvalue weighted by Crippen LogP contribution is 2.20. The summed E-state index contributed by atoms with van der Waals surface area (Å²) in [5, 5.41) is 0.741. The van der Waals surface area contributed by atoms with E-state index in [1.54, 1.807) is 6.20 Å². The second kappa shape index (κ2) is 5.96. The number of rotatable bonds is 4. The summed E-state index contributed by atoms with van der Waals surface area (Å²) in [6.45, 7) is 2.04. The van der Waals surface area contributed by atoms with Crippen LogP contribution in [0, 0.1) is 6.92 Å². The number of halogens is 1. The van der Waals surface area contributed by atoms with E-state index < -0.39 is 0 Å². The molecule has 1 aromatic heterocycles. The molecule has 18 heavy (non-hydrogen) atoms. The highest BCUT2D eigenvalue weighted by molar-refractivity contribution is 6.30. The standard InChI is InChI=1S/C14H16ClN3/c1-10-3-2-8-17-14(10)13(18-16)9-11-4-6-12(15)7-5-11/h2-8,13,18H,9,16H2,1H3. The van der Waals surface area contributed by atoms with E-state index in [-0.39, 0.29) is 6.04 Å². The predicted molar refractivity (Wildman–Crippen MR) is 74.2 cm³/mol. The van der Waals surface area contributed by atoms with Crippen LogP contribution in [0.1, 0.15) is 22.9 Å². The van der Waals surface area contributed by atoms with Crippen molar-refractivity contribution >= 4 is 11.6 Å². The highest BCUT2D eigenvalue weighted by atomic mass is 35.5. The Morgan fingerprint density at radius 1 is 1.28 bits per heavy atom. The number of hydrazine groups is 1. The molecular weight excluding hydrogens is 246 g/mol. The van der Waals surface area contributed by atoms with Gasteiger partial charge in [-0.1, -0.05) is 29.8 Å². The molecule has 1 atom stereocenters. The van der Waals surface area contributed by atoms with Crippen molar-refractivity contribution in [3.05, 3.63) is 64.4 Å². The smallest absolute Gasteiger partial charge is 0.0675 e. The molecule has 3 nitrogen and oxygen atoms in total. The fourth-order valence-corrected chi connectivity index (χ4v) is 2.08. The van der Waals surface area contributed by atoms with Gasteiger partial charge >= 0.3 is 0 Å². The Bertz CT molecular complexity index is 511. The second-order valence-corrected chi connectivity index (χ2v) is 4.69. The molecule has 1 unspecified atom stereocenters. The molecule has 0 saturated carbocycles. The number of nitrogens with two attached hydrogens (primary N) is 1. The molecule has 0 spiro atoms. The van der Waals surface area contributed by atoms with Crippen molar-refractivity contribution < 1.29 is 0 Å². The lowest BCUT2D eigenvalue weighted by molar-refractivity contribution is 0.535. The van der Waals surface area contributed by atoms with Crippen LogP contribution >= 0.6 is 11.6 Å². The fourth-order valence-electron chi connectivity index (χ4n) is 1.95. The van der Waals surface area contributed by atoms with Crippen molar-refractivity contribution in [2.24, 2.45) is 5.84 Å². The summed E-state index contributed by atoms with van der Waals surface area (Å²) in [7, 11) is 0. The fraction of sp³-hybridized carbons (Fsp3) is 0.214. The largest absolute Gasteiger partial charge is 0.271 e. The maximum absolute atomic E-state index is 5.87. The van der Waals surface area contributed by atoms with Crippen molar-refractivity contribution in [2.75, 3.05) is 0 Å². The molecule has 4 heteroatoms. The maximum Gasteiger partial charge on any atom is 0.0675 e. The second-order valence-electron chi connectivity index (χ2n) is 4.26. The number of hydrogen-bond donors (Lipinski definition) is 2. The molecule has 0 aliphatic carbocycles. The van der Waals surface area contributed by atoms with E-state index in [9.17, 15) is 0 Å². The van der Waals surface area contributed by atoms with Crippen LogP contribution in [-0.2, 0) is 6.42 Å². The monoisotopic (exact) mass is 261 g/mol. The Kier molecular flexibility index (Phi) is 4.31. The zero-order chi connectivity index (χ0) is 13.0. The van der Waals surface area contributed by atoms with Gasteiger partial charge in [-0.15, -0.1) is 0 Å². The van der Waals surface area contributed by atoms with Crippen molar-refractivity contribution in [2.45, 2.75) is 19.4 Å². The van der Waals surface area contributed by atoms with Gasteiger partial charge in [-0.05, 0) is 42.7 Å². The first-order chi connectivity index (χ1) is 8.70. The Morgan fingerprint density at radius 2 is 2.00 bits per heavy atom. The van der Waals surface area contributed by atoms with Gasteiger partial charge in [-0.25, -0.2) is 0 Å². The summed E-state index contributed by atoms with van der Waals surface area (Å²) in [4.78, 5) is 4.39. The van der Waals surface area contributed by atoms with E-state index in [0.717, 1.165) is 22.7 Å². The van der Waals surface area contributed by atoms with E-state index in [1.165, 1.54) is 5.56 Å². The van der Waals surface area contributed by atoms with Gasteiger partial charge in [0.2, 0.25) is 0 Å². The number of nitrogens with zero attached hydrogens (tertiary/aromatic N) is 1. The van der Waals surface area contributed by atoms with Crippen LogP contribution in [0.25, 0.3) is 0 Å². The number of benzene rings is 1. The van der Waals surface area contributed by atoms with Gasteiger partial charge in [0, 0.05) is 11.2 Å². The first-order valence-electron chi connectivity index (χ1n) is 5.83. The third-order valence-corrected chi connectivity index (χ3v) is 3.19. The topological polar surface area (TPSA) is 50.9 Å². The molecule has 0 amide bonds. The molecule has 0 fully saturated rings. The van der Waals surface area contributed by atoms with Crippen LogP contribution < -0.4 is 11.3 Å². The molecule has 3 N–H and O–H groups in total. The lowest BCUT2D eigenvalue weighted by Gasteiger charge is -2.17. The zero-order valence-corrected chi connectivity index (χ0v) is 11.0. The van der Waals surface area contributed by atoms with E-state index >= 15 is 0 Å². The van der Waals surface area contributed by atoms with Gasteiger partial charge in [0.1, 0.15) is 0 Å². The van der Waals surface area contributed by atoms with E-state index in [0.29, 0.717) is 0 Å². The van der Waals surface area contributed by atoms with Crippen LogP contribution in [0.5, 0.6) is 0 Å². The minimum absolute atomic E-state index is 0.00683. The lowest BCUT2D eigenvalue weighted by atomic mass is 10.0. The third kappa shape index (κ3) is 3.07. The number of aromatic nitrogens is 1. The highest BCUT2D eigenvalue weighted by Gasteiger charge is 2.13. The van der Waals surface area contributed by atoms with Crippen LogP contribution in [0.2, 0.25) is 5.02 Å². The molecule has 2 aromatic rings. The third-order valence-electron chi connectivity index (χ3n) is 2.93. The Morgan fingerprint density at radius 3 is 2.61 bits per heavy atom. The average Bonchev–Trinajstić information content (AvgIpc) is 2.39. The van der Waals surface area contributed by atoms with Crippen LogP contribution in [-0.4, -0.2) is 4.98 Å². The molecule has 0 aliphatic rings. The van der Waals surface area contributed by atoms with Crippen LogP contribution in [0.15, 0.2) is 42.6 Å². The predicted octanol–water partition coefficient (Wildman–Crippen LogP) is 2.79. The Labute approximate surface area is 112 Å². The van der Waals surface area contributed by atoms with Crippen molar-refractivity contribution in [1.82, 2.24) is 10.4 Å². The van der Waals surface area contributed by atoms with Crippen molar-refractivity contribution in [1.29, 1.82) is 0 Å². The zero-order valence-electron chi connectivity index (χ0n) is 10.2. The van der Waals surface area contributed by atoms with Gasteiger partial charge in [-0.2, -0.15) is 0 Å². The van der Waals surface area contributed by atoms with E-state index in [4.69, 9.17) is 17.4 Å². The van der Waals surface area contributed by atoms with E-state index in [1.807, 2.05) is 43.3 Å². The number of nitrogens with one attached hydrogen (secondary N) is 1. The molecule has 0 bridgehead atoms. The van der Waals surface area contributed by atoms with E-state index in [2.05, 4.69) is 10.4 Å². The summed E-state index contributed by atoms with van der Waals surface area (Å²) in [6, 6.07) is 11.7. The molecule has 94 valence electrons. The van der Waals surface area contributed by atoms with Gasteiger partial charge < -0.3 is 0 Å². The van der Waals surface area contributed by atoms with Crippen LogP contribution in [0.4, 0.5) is 0 Å². The maximum atomic E-state index is 5.87. The summed E-state index contributed by atoms with van der Waals surface area (Å²) < 4.78 is 0. The number of pyridine rings is 1. The minimum atomic E-state index is 0.00683. The number of aryl methyl sites for hydroxylation is 1. The minimum Gasteiger partial charge on any atom is -0.271 e. The molecule has 0 aliphatic heterocycles. The molecule has 0 saturated heterocycles. The molecular formula is C14H16ClN3. The first kappa shape index (κ1) is 13.0. The summed E-state index contributed by atoms with van der Waals surface area (Å²) >= 11 is 5.87. The summed E-state index contributed by atoms with van der Waals surface area (Å²) in [5.74, 6) is 5.64. The number of hydrogen-bond acceptors (Lipinski definition) is 3. The SMILES string of the molecule is Cc1cccnc1C(Cc1ccc(Cl)cc1)NN. The van der Waals surface area contributed by atoms with Crippen molar-refractivity contribution in [3.63, 3.8) is 0 Å². The Hall–Kier alpha value is -1.42. The molecule has 1 aromatic carbocycles. The summed E-state index contributed by atoms with van der Waals surface area (Å²) in [6.07, 6.45) is 2.57. The summed E-state index contributed by atoms with van der Waals surface area (Å²) in [5.41, 5.74) is 6.12. The van der Waals surface area contributed by atoms with Gasteiger partial charge in [0.05, 0.1) is 11.7 Å². The Balaban J connectivity index is 2.20. The van der Waals surface area contributed by atoms with Crippen LogP contribution in [0.3, 0.4) is 0 Å². The molecule has 1 heterocycles. The van der Waals surface area contributed by atoms with Gasteiger partial charge in [-0.3, -0.25) is 16.3 Å². The molecule has 0 radical (unpaired) electrons. The first-order valence-corrected chi connectivity index (χ1v) is 6.20. The van der Waals surface area contributed by atoms with Crippen molar-refractivity contribution in [3.8, 4) is 0 Å². The average molecular weight is 262 g/mol. The quantitative estimate of drug-likeness (QED) is 0.657. The van der Waals surface area contributed by atoms with Gasteiger partial charge in [0.25, 0.3) is 0 Å². The normalized spacial score (nSPS) is 12.4. The van der Waals surface area contributed by atoms with Gasteiger partial charge in [0.15, 0.2) is 0 Å².